The van der Waals surface area contributed by atoms with Gasteiger partial charge in [0, 0.05) is 5.56 Å². The molecule has 0 fully saturated rings. The zero-order valence-corrected chi connectivity index (χ0v) is 17.4. The van der Waals surface area contributed by atoms with Crippen molar-refractivity contribution in [3.8, 4) is 11.5 Å². The Morgan fingerprint density at radius 1 is 0.903 bits per heavy atom. The summed E-state index contributed by atoms with van der Waals surface area (Å²) >= 11 is 0. The summed E-state index contributed by atoms with van der Waals surface area (Å²) in [5.41, 5.74) is 2.75. The van der Waals surface area contributed by atoms with Gasteiger partial charge in [-0.05, 0) is 41.5 Å². The Bertz CT molecular complexity index is 1040. The van der Waals surface area contributed by atoms with E-state index in [1.165, 1.54) is 20.5 Å². The Morgan fingerprint density at radius 3 is 2.32 bits per heavy atom. The summed E-state index contributed by atoms with van der Waals surface area (Å²) in [6, 6.07) is 24.3. The molecule has 0 saturated heterocycles. The van der Waals surface area contributed by atoms with E-state index >= 15 is 0 Å². The molecule has 158 valence electrons. The van der Waals surface area contributed by atoms with Crippen LogP contribution in [-0.4, -0.2) is 26.4 Å². The maximum atomic E-state index is 12.1. The number of methoxy groups -OCH3 is 2. The lowest BCUT2D eigenvalue weighted by Crippen LogP contribution is -2.05. The highest BCUT2D eigenvalue weighted by Gasteiger charge is 2.18. The largest absolute Gasteiger partial charge is 0.503 e. The van der Waals surface area contributed by atoms with Crippen LogP contribution in [0.4, 0.5) is 0 Å². The maximum absolute atomic E-state index is 12.1. The zero-order chi connectivity index (χ0) is 21.9. The lowest BCUT2D eigenvalue weighted by Gasteiger charge is -2.12. The second-order valence-electron chi connectivity index (χ2n) is 6.42. The van der Waals surface area contributed by atoms with Crippen molar-refractivity contribution in [3.63, 3.8) is 0 Å². The Labute approximate surface area is 181 Å². The van der Waals surface area contributed by atoms with E-state index in [4.69, 9.17) is 19.0 Å². The van der Waals surface area contributed by atoms with Crippen LogP contribution in [-0.2, 0) is 25.7 Å². The molecule has 0 aliphatic carbocycles. The minimum atomic E-state index is -0.514. The van der Waals surface area contributed by atoms with E-state index in [0.29, 0.717) is 23.7 Å². The first-order chi connectivity index (χ1) is 15.2. The highest BCUT2D eigenvalue weighted by molar-refractivity contribution is 6.17. The monoisotopic (exact) mass is 417 g/mol. The van der Waals surface area contributed by atoms with E-state index in [2.05, 4.69) is 5.16 Å². The first kappa shape index (κ1) is 21.6. The van der Waals surface area contributed by atoms with Gasteiger partial charge in [0.05, 0.1) is 26.7 Å². The summed E-state index contributed by atoms with van der Waals surface area (Å²) in [4.78, 5) is 17.4. The van der Waals surface area contributed by atoms with Gasteiger partial charge >= 0.3 is 5.97 Å². The van der Waals surface area contributed by atoms with Gasteiger partial charge in [-0.3, -0.25) is 0 Å². The van der Waals surface area contributed by atoms with Gasteiger partial charge in [0.1, 0.15) is 23.7 Å². The number of carbonyl (C=O) groups excluding carboxylic acids is 1. The fraction of sp³-hybridized carbons (Fsp3) is 0.120. The molecule has 0 spiro atoms. The molecule has 3 aromatic carbocycles. The Hall–Kier alpha value is -4.06. The summed E-state index contributed by atoms with van der Waals surface area (Å²) in [5.74, 6) is 0.597. The van der Waals surface area contributed by atoms with Crippen LogP contribution in [0.5, 0.6) is 11.5 Å². The van der Waals surface area contributed by atoms with Crippen molar-refractivity contribution in [1.82, 2.24) is 0 Å². The summed E-state index contributed by atoms with van der Waals surface area (Å²) < 4.78 is 15.9. The van der Waals surface area contributed by atoms with Gasteiger partial charge in [-0.2, -0.15) is 0 Å². The van der Waals surface area contributed by atoms with E-state index in [-0.39, 0.29) is 5.57 Å². The molecule has 0 radical (unpaired) electrons. The molecule has 3 aromatic rings. The summed E-state index contributed by atoms with van der Waals surface area (Å²) in [5, 5.41) is 4.00. The molecule has 0 saturated carbocycles. The number of nitrogens with zero attached hydrogens (tertiary/aromatic N) is 1. The number of hydrogen-bond donors (Lipinski definition) is 0. The molecule has 0 aromatic heterocycles. The van der Waals surface area contributed by atoms with E-state index in [9.17, 15) is 4.79 Å². The predicted molar refractivity (Wildman–Crippen MR) is 119 cm³/mol. The van der Waals surface area contributed by atoms with Crippen molar-refractivity contribution in [2.45, 2.75) is 6.61 Å². The Morgan fingerprint density at radius 2 is 1.61 bits per heavy atom. The van der Waals surface area contributed by atoms with Gasteiger partial charge in [-0.1, -0.05) is 53.7 Å². The smallest absolute Gasteiger partial charge is 0.341 e. The van der Waals surface area contributed by atoms with Gasteiger partial charge in [0.25, 0.3) is 0 Å². The zero-order valence-electron chi connectivity index (χ0n) is 17.4. The van der Waals surface area contributed by atoms with Crippen LogP contribution in [0.1, 0.15) is 16.7 Å². The number of carbonyl (C=O) groups is 1. The number of benzene rings is 3. The lowest BCUT2D eigenvalue weighted by molar-refractivity contribution is -0.133. The Balaban J connectivity index is 1.67. The lowest BCUT2D eigenvalue weighted by atomic mass is 10.1. The first-order valence-electron chi connectivity index (χ1n) is 9.59. The second kappa shape index (κ2) is 11.2. The van der Waals surface area contributed by atoms with Crippen molar-refractivity contribution in [3.05, 3.63) is 102 Å². The number of oxime groups is 1. The van der Waals surface area contributed by atoms with E-state index in [1.54, 1.807) is 18.3 Å². The molecule has 0 amide bonds. The van der Waals surface area contributed by atoms with Crippen molar-refractivity contribution in [2.75, 3.05) is 14.2 Å². The molecule has 0 aliphatic heterocycles. The van der Waals surface area contributed by atoms with Crippen LogP contribution in [0.25, 0.3) is 5.57 Å². The van der Waals surface area contributed by atoms with Crippen LogP contribution >= 0.6 is 0 Å². The average molecular weight is 417 g/mol. The van der Waals surface area contributed by atoms with Crippen LogP contribution in [0, 0.1) is 0 Å². The maximum Gasteiger partial charge on any atom is 0.341 e. The van der Waals surface area contributed by atoms with E-state index in [1.807, 2.05) is 66.7 Å². The van der Waals surface area contributed by atoms with Crippen molar-refractivity contribution >= 4 is 17.8 Å². The average Bonchev–Trinajstić information content (AvgIpc) is 2.82. The molecule has 3 rings (SSSR count). The normalized spacial score (nSPS) is 11.2. The van der Waals surface area contributed by atoms with E-state index in [0.717, 1.165) is 11.1 Å². The van der Waals surface area contributed by atoms with Gasteiger partial charge < -0.3 is 19.0 Å². The predicted octanol–water partition coefficient (Wildman–Crippen LogP) is 5.19. The van der Waals surface area contributed by atoms with Gasteiger partial charge in [0.15, 0.2) is 0 Å². The molecule has 0 heterocycles. The van der Waals surface area contributed by atoms with Crippen LogP contribution in [0.2, 0.25) is 0 Å². The number of esters is 1. The second-order valence-corrected chi connectivity index (χ2v) is 6.42. The molecule has 0 atom stereocenters. The standard InChI is InChI=1S/C25H23NO5/c1-28-18-23(25(27)29-2)22-10-6-7-11-24(22)31-21-14-12-19(13-15-21)16-26-30-17-20-8-4-3-5-9-20/h3-16,18H,17H2,1-2H3/b23-18-,26-16+. The van der Waals surface area contributed by atoms with E-state index < -0.39 is 5.97 Å². The minimum Gasteiger partial charge on any atom is -0.503 e. The van der Waals surface area contributed by atoms with Gasteiger partial charge in [0.2, 0.25) is 0 Å². The van der Waals surface area contributed by atoms with Crippen molar-refractivity contribution in [2.24, 2.45) is 5.16 Å². The van der Waals surface area contributed by atoms with Gasteiger partial charge in [-0.15, -0.1) is 0 Å². The van der Waals surface area contributed by atoms with Crippen LogP contribution in [0.3, 0.4) is 0 Å². The van der Waals surface area contributed by atoms with Crippen LogP contribution in [0.15, 0.2) is 90.3 Å². The molecule has 6 heteroatoms. The number of rotatable bonds is 9. The number of para-hydroxylation sites is 1. The fourth-order valence-electron chi connectivity index (χ4n) is 2.76. The quantitative estimate of drug-likeness (QED) is 0.158. The highest BCUT2D eigenvalue weighted by Crippen LogP contribution is 2.31. The molecule has 0 N–H and O–H groups in total. The number of hydrogen-bond acceptors (Lipinski definition) is 6. The third-order valence-corrected chi connectivity index (χ3v) is 4.28. The van der Waals surface area contributed by atoms with Crippen molar-refractivity contribution in [1.29, 1.82) is 0 Å². The third-order valence-electron chi connectivity index (χ3n) is 4.28. The molecule has 6 nitrogen and oxygen atoms in total. The highest BCUT2D eigenvalue weighted by atomic mass is 16.6. The van der Waals surface area contributed by atoms with Gasteiger partial charge in [-0.25, -0.2) is 4.79 Å². The molecule has 31 heavy (non-hydrogen) atoms. The van der Waals surface area contributed by atoms with Crippen molar-refractivity contribution < 1.29 is 23.8 Å². The summed E-state index contributed by atoms with van der Waals surface area (Å²) in [6.45, 7) is 0.410. The topological polar surface area (TPSA) is 66.4 Å². The van der Waals surface area contributed by atoms with Crippen LogP contribution < -0.4 is 4.74 Å². The Kier molecular flexibility index (Phi) is 7.83. The molecule has 0 aliphatic rings. The molecular weight excluding hydrogens is 394 g/mol. The number of ether oxygens (including phenoxy) is 3. The minimum absolute atomic E-state index is 0.264. The third kappa shape index (κ3) is 6.21. The fourth-order valence-corrected chi connectivity index (χ4v) is 2.76. The summed E-state index contributed by atoms with van der Waals surface area (Å²) in [6.07, 6.45) is 2.97. The SMILES string of the molecule is CO/C=C(\C(=O)OC)c1ccccc1Oc1ccc(/C=N/OCc2ccccc2)cc1. The summed E-state index contributed by atoms with van der Waals surface area (Å²) in [7, 11) is 2.79. The first-order valence-corrected chi connectivity index (χ1v) is 9.59. The molecule has 0 bridgehead atoms. The molecular formula is C25H23NO5. The molecule has 0 unspecified atom stereocenters.